The quantitative estimate of drug-likeness (QED) is 0.674. The molecule has 0 saturated carbocycles. The van der Waals surface area contributed by atoms with Crippen molar-refractivity contribution in [3.63, 3.8) is 0 Å². The monoisotopic (exact) mass is 377 g/mol. The lowest BCUT2D eigenvalue weighted by atomic mass is 10.1. The van der Waals surface area contributed by atoms with Crippen LogP contribution in [-0.4, -0.2) is 13.5 Å². The molecule has 3 aromatic rings. The van der Waals surface area contributed by atoms with Crippen molar-refractivity contribution in [2.24, 2.45) is 0 Å². The second-order valence-electron chi connectivity index (χ2n) is 4.78. The van der Waals surface area contributed by atoms with E-state index in [0.717, 1.165) is 10.8 Å². The number of halogens is 1. The first-order valence-electron chi connectivity index (χ1n) is 6.46. The Morgan fingerprint density at radius 1 is 0.909 bits per heavy atom. The van der Waals surface area contributed by atoms with Gasteiger partial charge in [0.05, 0.1) is 15.1 Å². The highest BCUT2D eigenvalue weighted by molar-refractivity contribution is 9.10. The van der Waals surface area contributed by atoms with Crippen LogP contribution in [-0.2, 0) is 10.0 Å². The van der Waals surface area contributed by atoms with Crippen LogP contribution in [0.15, 0.2) is 70.0 Å². The van der Waals surface area contributed by atoms with Crippen molar-refractivity contribution in [3.8, 4) is 5.75 Å². The lowest BCUT2D eigenvalue weighted by molar-refractivity contribution is 0.472. The molecule has 0 spiro atoms. The molecule has 0 atom stereocenters. The molecule has 0 heterocycles. The van der Waals surface area contributed by atoms with Gasteiger partial charge in [0.2, 0.25) is 0 Å². The van der Waals surface area contributed by atoms with E-state index in [4.69, 9.17) is 0 Å². The van der Waals surface area contributed by atoms with Crippen LogP contribution in [0.4, 0.5) is 5.69 Å². The Morgan fingerprint density at radius 2 is 1.64 bits per heavy atom. The van der Waals surface area contributed by atoms with Gasteiger partial charge in [0, 0.05) is 0 Å². The lowest BCUT2D eigenvalue weighted by Gasteiger charge is -2.10. The standard InChI is InChI=1S/C16H12BrNO3S/c17-15-10-13(6-8-16(15)19)18-22(20,21)14-7-5-11-3-1-2-4-12(11)9-14/h1-10,18-19H. The minimum atomic E-state index is -3.69. The highest BCUT2D eigenvalue weighted by Crippen LogP contribution is 2.28. The number of rotatable bonds is 3. The molecule has 112 valence electrons. The van der Waals surface area contributed by atoms with Crippen LogP contribution < -0.4 is 4.72 Å². The van der Waals surface area contributed by atoms with E-state index in [-0.39, 0.29) is 10.6 Å². The number of phenols is 1. The second-order valence-corrected chi connectivity index (χ2v) is 7.32. The largest absolute Gasteiger partial charge is 0.507 e. The van der Waals surface area contributed by atoms with Crippen molar-refractivity contribution in [2.75, 3.05) is 4.72 Å². The van der Waals surface area contributed by atoms with Gasteiger partial charge in [-0.15, -0.1) is 0 Å². The molecule has 0 fully saturated rings. The first-order chi connectivity index (χ1) is 10.5. The molecule has 22 heavy (non-hydrogen) atoms. The van der Waals surface area contributed by atoms with E-state index in [2.05, 4.69) is 20.7 Å². The number of nitrogens with one attached hydrogen (secondary N) is 1. The van der Waals surface area contributed by atoms with Crippen LogP contribution in [0.2, 0.25) is 0 Å². The number of phenolic OH excluding ortho intramolecular Hbond substituents is 1. The summed E-state index contributed by atoms with van der Waals surface area (Å²) in [6, 6.07) is 17.0. The summed E-state index contributed by atoms with van der Waals surface area (Å²) in [5.41, 5.74) is 0.373. The summed E-state index contributed by atoms with van der Waals surface area (Å²) in [4.78, 5) is 0.190. The van der Waals surface area contributed by atoms with E-state index in [1.54, 1.807) is 18.2 Å². The molecule has 4 nitrogen and oxygen atoms in total. The SMILES string of the molecule is O=S(=O)(Nc1ccc(O)c(Br)c1)c1ccc2ccccc2c1. The first kappa shape index (κ1) is 14.9. The topological polar surface area (TPSA) is 66.4 Å². The minimum absolute atomic E-state index is 0.0497. The molecule has 0 amide bonds. The van der Waals surface area contributed by atoms with Crippen LogP contribution in [0.1, 0.15) is 0 Å². The molecule has 0 radical (unpaired) electrons. The van der Waals surface area contributed by atoms with Gasteiger partial charge in [0.15, 0.2) is 0 Å². The Labute approximate surface area is 136 Å². The number of sulfonamides is 1. The molecule has 0 saturated heterocycles. The van der Waals surface area contributed by atoms with E-state index in [1.807, 2.05) is 24.3 Å². The number of hydrogen-bond acceptors (Lipinski definition) is 3. The van der Waals surface area contributed by atoms with Crippen LogP contribution in [0, 0.1) is 0 Å². The van der Waals surface area contributed by atoms with Gasteiger partial charge in [-0.05, 0) is 57.0 Å². The van der Waals surface area contributed by atoms with Crippen LogP contribution in [0.3, 0.4) is 0 Å². The fraction of sp³-hybridized carbons (Fsp3) is 0. The summed E-state index contributed by atoms with van der Waals surface area (Å²) in [6.45, 7) is 0. The van der Waals surface area contributed by atoms with Crippen molar-refractivity contribution in [3.05, 3.63) is 65.1 Å². The molecule has 6 heteroatoms. The number of anilines is 1. The van der Waals surface area contributed by atoms with Gasteiger partial charge in [-0.1, -0.05) is 30.3 Å². The number of hydrogen-bond donors (Lipinski definition) is 2. The van der Waals surface area contributed by atoms with Crippen molar-refractivity contribution in [1.82, 2.24) is 0 Å². The van der Waals surface area contributed by atoms with Crippen LogP contribution in [0.5, 0.6) is 5.75 Å². The Hall–Kier alpha value is -2.05. The molecule has 0 aromatic heterocycles. The van der Waals surface area contributed by atoms with Gasteiger partial charge in [0.1, 0.15) is 5.75 Å². The lowest BCUT2D eigenvalue weighted by Crippen LogP contribution is -2.12. The minimum Gasteiger partial charge on any atom is -0.507 e. The third-order valence-electron chi connectivity index (χ3n) is 3.23. The Balaban J connectivity index is 1.98. The average molecular weight is 378 g/mol. The number of fused-ring (bicyclic) bond motifs is 1. The third-order valence-corrected chi connectivity index (χ3v) is 5.25. The predicted octanol–water partition coefficient (Wildman–Crippen LogP) is 4.11. The molecular weight excluding hydrogens is 366 g/mol. The molecular formula is C16H12BrNO3S. The summed E-state index contributed by atoms with van der Waals surface area (Å²) >= 11 is 3.16. The molecule has 0 bridgehead atoms. The maximum absolute atomic E-state index is 12.5. The van der Waals surface area contributed by atoms with Crippen LogP contribution >= 0.6 is 15.9 Å². The normalized spacial score (nSPS) is 11.5. The summed E-state index contributed by atoms with van der Waals surface area (Å²) in [6.07, 6.45) is 0. The van der Waals surface area contributed by atoms with Crippen molar-refractivity contribution in [2.45, 2.75) is 4.90 Å². The van der Waals surface area contributed by atoms with E-state index in [1.165, 1.54) is 18.2 Å². The summed E-state index contributed by atoms with van der Waals surface area (Å²) in [5.74, 6) is 0.0497. The van der Waals surface area contributed by atoms with Gasteiger partial charge in [0.25, 0.3) is 10.0 Å². The maximum atomic E-state index is 12.5. The highest BCUT2D eigenvalue weighted by Gasteiger charge is 2.15. The zero-order valence-electron chi connectivity index (χ0n) is 11.3. The number of aromatic hydroxyl groups is 1. The van der Waals surface area contributed by atoms with Gasteiger partial charge in [-0.2, -0.15) is 0 Å². The van der Waals surface area contributed by atoms with Crippen molar-refractivity contribution < 1.29 is 13.5 Å². The van der Waals surface area contributed by atoms with E-state index >= 15 is 0 Å². The second kappa shape index (κ2) is 5.62. The zero-order valence-corrected chi connectivity index (χ0v) is 13.7. The predicted molar refractivity (Wildman–Crippen MR) is 90.6 cm³/mol. The molecule has 3 aromatic carbocycles. The highest BCUT2D eigenvalue weighted by atomic mass is 79.9. The Kier molecular flexibility index (Phi) is 3.80. The summed E-state index contributed by atoms with van der Waals surface area (Å²) in [7, 11) is -3.69. The van der Waals surface area contributed by atoms with E-state index in [9.17, 15) is 13.5 Å². The van der Waals surface area contributed by atoms with Crippen molar-refractivity contribution in [1.29, 1.82) is 0 Å². The van der Waals surface area contributed by atoms with Gasteiger partial charge < -0.3 is 5.11 Å². The zero-order chi connectivity index (χ0) is 15.7. The first-order valence-corrected chi connectivity index (χ1v) is 8.73. The fourth-order valence-corrected chi connectivity index (χ4v) is 3.58. The Bertz CT molecular complexity index is 955. The molecule has 0 aliphatic carbocycles. The third kappa shape index (κ3) is 2.93. The van der Waals surface area contributed by atoms with Gasteiger partial charge >= 0.3 is 0 Å². The smallest absolute Gasteiger partial charge is 0.261 e. The molecule has 0 unspecified atom stereocenters. The Morgan fingerprint density at radius 3 is 2.36 bits per heavy atom. The summed E-state index contributed by atoms with van der Waals surface area (Å²) < 4.78 is 27.8. The fourth-order valence-electron chi connectivity index (χ4n) is 2.12. The summed E-state index contributed by atoms with van der Waals surface area (Å²) in [5, 5.41) is 11.3. The molecule has 0 aliphatic heterocycles. The average Bonchev–Trinajstić information content (AvgIpc) is 2.50. The van der Waals surface area contributed by atoms with Crippen LogP contribution in [0.25, 0.3) is 10.8 Å². The van der Waals surface area contributed by atoms with E-state index < -0.39 is 10.0 Å². The maximum Gasteiger partial charge on any atom is 0.261 e. The molecule has 2 N–H and O–H groups in total. The molecule has 0 aliphatic rings. The molecule has 3 rings (SSSR count). The van der Waals surface area contributed by atoms with Crippen molar-refractivity contribution >= 4 is 42.4 Å². The van der Waals surface area contributed by atoms with Gasteiger partial charge in [-0.3, -0.25) is 4.72 Å². The van der Waals surface area contributed by atoms with Gasteiger partial charge in [-0.25, -0.2) is 8.42 Å². The number of benzene rings is 3. The van der Waals surface area contributed by atoms with E-state index in [0.29, 0.717) is 10.2 Å².